The summed E-state index contributed by atoms with van der Waals surface area (Å²) in [4.78, 5) is 16.0. The van der Waals surface area contributed by atoms with Crippen molar-refractivity contribution in [2.75, 3.05) is 13.1 Å². The molecule has 0 spiro atoms. The molecule has 8 heteroatoms. The highest BCUT2D eigenvalue weighted by atomic mass is 16.5. The van der Waals surface area contributed by atoms with E-state index in [0.717, 1.165) is 32.4 Å². The van der Waals surface area contributed by atoms with Crippen molar-refractivity contribution in [3.05, 3.63) is 30.2 Å². The van der Waals surface area contributed by atoms with Gasteiger partial charge in [-0.15, -0.1) is 0 Å². The Morgan fingerprint density at radius 2 is 2.52 bits per heavy atom. The van der Waals surface area contributed by atoms with E-state index in [1.54, 1.807) is 6.20 Å². The molecule has 2 aromatic heterocycles. The molecule has 2 aromatic rings. The maximum atomic E-state index is 11.9. The Balaban J connectivity index is 1.44. The molecule has 1 saturated heterocycles. The number of aromatic nitrogens is 4. The lowest BCUT2D eigenvalue weighted by Gasteiger charge is -2.03. The number of aryl methyl sites for hydroxylation is 1. The highest BCUT2D eigenvalue weighted by molar-refractivity contribution is 5.90. The van der Waals surface area contributed by atoms with Crippen molar-refractivity contribution >= 4 is 5.91 Å². The highest BCUT2D eigenvalue weighted by Crippen LogP contribution is 2.20. The van der Waals surface area contributed by atoms with Gasteiger partial charge in [0, 0.05) is 25.5 Å². The van der Waals surface area contributed by atoms with Gasteiger partial charge in [-0.3, -0.25) is 9.48 Å². The maximum Gasteiger partial charge on any atom is 0.292 e. The van der Waals surface area contributed by atoms with Gasteiger partial charge in [0.25, 0.3) is 11.7 Å². The van der Waals surface area contributed by atoms with Crippen molar-refractivity contribution in [3.8, 4) is 0 Å². The lowest BCUT2D eigenvalue weighted by Crippen LogP contribution is -2.26. The van der Waals surface area contributed by atoms with Gasteiger partial charge >= 0.3 is 0 Å². The van der Waals surface area contributed by atoms with E-state index in [1.807, 2.05) is 16.9 Å². The summed E-state index contributed by atoms with van der Waals surface area (Å²) in [5.41, 5.74) is 0. The second-order valence-corrected chi connectivity index (χ2v) is 4.98. The Labute approximate surface area is 121 Å². The second-order valence-electron chi connectivity index (χ2n) is 4.98. The molecule has 112 valence electrons. The lowest BCUT2D eigenvalue weighted by atomic mass is 10.2. The molecule has 0 saturated carbocycles. The average Bonchev–Trinajstić information content (AvgIpc) is 3.25. The van der Waals surface area contributed by atoms with Crippen LogP contribution in [0, 0.1) is 0 Å². The van der Waals surface area contributed by atoms with Crippen molar-refractivity contribution < 1.29 is 9.32 Å². The number of nitrogens with one attached hydrogen (secondary N) is 2. The number of nitrogens with zero attached hydrogens (tertiary/aromatic N) is 4. The van der Waals surface area contributed by atoms with Crippen LogP contribution in [0.1, 0.15) is 41.8 Å². The summed E-state index contributed by atoms with van der Waals surface area (Å²) >= 11 is 0. The molecule has 2 N–H and O–H groups in total. The van der Waals surface area contributed by atoms with Crippen molar-refractivity contribution in [3.63, 3.8) is 0 Å². The van der Waals surface area contributed by atoms with Gasteiger partial charge in [-0.2, -0.15) is 10.1 Å². The molecule has 0 bridgehead atoms. The summed E-state index contributed by atoms with van der Waals surface area (Å²) < 4.78 is 6.96. The number of amides is 1. The molecule has 21 heavy (non-hydrogen) atoms. The highest BCUT2D eigenvalue weighted by Gasteiger charge is 2.24. The SMILES string of the molecule is O=C(NCCCn1cccn1)c1noc(C2CCCN2)n1. The van der Waals surface area contributed by atoms with Crippen LogP contribution in [-0.4, -0.2) is 38.9 Å². The van der Waals surface area contributed by atoms with E-state index in [1.165, 1.54) is 0 Å². The van der Waals surface area contributed by atoms with Crippen LogP contribution < -0.4 is 10.6 Å². The smallest absolute Gasteiger partial charge is 0.292 e. The van der Waals surface area contributed by atoms with E-state index in [2.05, 4.69) is 25.9 Å². The predicted molar refractivity (Wildman–Crippen MR) is 73.5 cm³/mol. The van der Waals surface area contributed by atoms with E-state index < -0.39 is 0 Å². The number of hydrogen-bond acceptors (Lipinski definition) is 6. The Kier molecular flexibility index (Phi) is 4.25. The normalized spacial score (nSPS) is 18.0. The van der Waals surface area contributed by atoms with Gasteiger partial charge in [-0.05, 0) is 31.9 Å². The zero-order valence-electron chi connectivity index (χ0n) is 11.7. The Bertz CT molecular complexity index is 573. The molecule has 3 rings (SSSR count). The van der Waals surface area contributed by atoms with Crippen molar-refractivity contribution in [2.24, 2.45) is 0 Å². The first-order valence-corrected chi connectivity index (χ1v) is 7.15. The van der Waals surface area contributed by atoms with Gasteiger partial charge in [0.2, 0.25) is 5.89 Å². The topological polar surface area (TPSA) is 97.9 Å². The van der Waals surface area contributed by atoms with Gasteiger partial charge in [0.15, 0.2) is 0 Å². The summed E-state index contributed by atoms with van der Waals surface area (Å²) in [5, 5.41) is 13.9. The summed E-state index contributed by atoms with van der Waals surface area (Å²) in [5.74, 6) is 0.287. The molecular weight excluding hydrogens is 272 g/mol. The molecule has 1 aliphatic heterocycles. The third kappa shape index (κ3) is 3.46. The monoisotopic (exact) mass is 290 g/mol. The molecule has 1 atom stereocenters. The first kappa shape index (κ1) is 13.7. The van der Waals surface area contributed by atoms with E-state index in [0.29, 0.717) is 12.4 Å². The first-order valence-electron chi connectivity index (χ1n) is 7.15. The van der Waals surface area contributed by atoms with Crippen molar-refractivity contribution in [1.82, 2.24) is 30.6 Å². The second kappa shape index (κ2) is 6.49. The summed E-state index contributed by atoms with van der Waals surface area (Å²) in [7, 11) is 0. The quantitative estimate of drug-likeness (QED) is 0.752. The van der Waals surface area contributed by atoms with Crippen LogP contribution in [0.5, 0.6) is 0 Å². The molecule has 8 nitrogen and oxygen atoms in total. The van der Waals surface area contributed by atoms with E-state index in [-0.39, 0.29) is 17.8 Å². The molecular formula is C13H18N6O2. The lowest BCUT2D eigenvalue weighted by molar-refractivity contribution is 0.0939. The zero-order valence-corrected chi connectivity index (χ0v) is 11.7. The third-order valence-electron chi connectivity index (χ3n) is 3.41. The molecule has 0 aromatic carbocycles. The minimum Gasteiger partial charge on any atom is -0.349 e. The summed E-state index contributed by atoms with van der Waals surface area (Å²) in [6.07, 6.45) is 6.47. The minimum atomic E-state index is -0.302. The van der Waals surface area contributed by atoms with Crippen molar-refractivity contribution in [1.29, 1.82) is 0 Å². The van der Waals surface area contributed by atoms with Gasteiger partial charge in [-0.1, -0.05) is 5.16 Å². The fourth-order valence-corrected chi connectivity index (χ4v) is 2.32. The largest absolute Gasteiger partial charge is 0.349 e. The predicted octanol–water partition coefficient (Wildman–Crippen LogP) is 0.511. The van der Waals surface area contributed by atoms with Crippen LogP contribution in [0.25, 0.3) is 0 Å². The van der Waals surface area contributed by atoms with E-state index in [4.69, 9.17) is 4.52 Å². The van der Waals surface area contributed by atoms with Gasteiger partial charge < -0.3 is 15.2 Å². The zero-order chi connectivity index (χ0) is 14.5. The van der Waals surface area contributed by atoms with Crippen LogP contribution in [0.2, 0.25) is 0 Å². The molecule has 3 heterocycles. The molecule has 1 amide bonds. The third-order valence-corrected chi connectivity index (χ3v) is 3.41. The molecule has 1 unspecified atom stereocenters. The fourth-order valence-electron chi connectivity index (χ4n) is 2.32. The number of carbonyl (C=O) groups excluding carboxylic acids is 1. The molecule has 1 aliphatic rings. The van der Waals surface area contributed by atoms with Gasteiger partial charge in [-0.25, -0.2) is 0 Å². The Hall–Kier alpha value is -2.22. The van der Waals surface area contributed by atoms with Crippen LogP contribution in [-0.2, 0) is 6.54 Å². The van der Waals surface area contributed by atoms with Crippen LogP contribution in [0.4, 0.5) is 0 Å². The van der Waals surface area contributed by atoms with Gasteiger partial charge in [0.05, 0.1) is 6.04 Å². The number of hydrogen-bond donors (Lipinski definition) is 2. The van der Waals surface area contributed by atoms with E-state index in [9.17, 15) is 4.79 Å². The average molecular weight is 290 g/mol. The molecule has 0 aliphatic carbocycles. The number of carbonyl (C=O) groups is 1. The minimum absolute atomic E-state index is 0.0823. The van der Waals surface area contributed by atoms with Crippen molar-refractivity contribution in [2.45, 2.75) is 31.8 Å². The fraction of sp³-hybridized carbons (Fsp3) is 0.538. The van der Waals surface area contributed by atoms with E-state index >= 15 is 0 Å². The first-order chi connectivity index (χ1) is 10.3. The Morgan fingerprint density at radius 3 is 3.29 bits per heavy atom. The summed E-state index contributed by atoms with van der Waals surface area (Å²) in [6, 6.07) is 1.95. The standard InChI is InChI=1S/C13H18N6O2/c20-12(15-6-2-8-19-9-3-7-16-19)11-17-13(21-18-11)10-4-1-5-14-10/h3,7,9-10,14H,1-2,4-6,8H2,(H,15,20). The van der Waals surface area contributed by atoms with Gasteiger partial charge in [0.1, 0.15) is 0 Å². The molecule has 1 fully saturated rings. The molecule has 0 radical (unpaired) electrons. The van der Waals surface area contributed by atoms with Crippen LogP contribution in [0.3, 0.4) is 0 Å². The maximum absolute atomic E-state index is 11.9. The summed E-state index contributed by atoms with van der Waals surface area (Å²) in [6.45, 7) is 2.25. The number of rotatable bonds is 6. The van der Waals surface area contributed by atoms with Crippen LogP contribution >= 0.6 is 0 Å². The van der Waals surface area contributed by atoms with Crippen LogP contribution in [0.15, 0.2) is 23.0 Å². The Morgan fingerprint density at radius 1 is 1.57 bits per heavy atom.